The van der Waals surface area contributed by atoms with Crippen molar-refractivity contribution < 1.29 is 9.59 Å². The van der Waals surface area contributed by atoms with Crippen LogP contribution >= 0.6 is 0 Å². The lowest BCUT2D eigenvalue weighted by molar-refractivity contribution is -0.128. The van der Waals surface area contributed by atoms with Crippen molar-refractivity contribution in [2.75, 3.05) is 40.8 Å². The lowest BCUT2D eigenvalue weighted by atomic mass is 9.75. The maximum Gasteiger partial charge on any atom is 0.229 e. The highest BCUT2D eigenvalue weighted by Gasteiger charge is 2.38. The second kappa shape index (κ2) is 12.5. The first kappa shape index (κ1) is 29.2. The lowest BCUT2D eigenvalue weighted by Gasteiger charge is -2.36. The molecule has 3 aliphatic rings. The summed E-state index contributed by atoms with van der Waals surface area (Å²) >= 11 is 0. The van der Waals surface area contributed by atoms with Crippen LogP contribution in [0.1, 0.15) is 73.1 Å². The maximum absolute atomic E-state index is 13.7. The van der Waals surface area contributed by atoms with Crippen LogP contribution in [0.25, 0.3) is 0 Å². The fraction of sp³-hybridized carbons (Fsp3) is 0.677. The summed E-state index contributed by atoms with van der Waals surface area (Å²) < 4.78 is 0. The molecule has 0 aromatic heterocycles. The highest BCUT2D eigenvalue weighted by atomic mass is 16.2. The summed E-state index contributed by atoms with van der Waals surface area (Å²) in [5.74, 6) is 0.215. The molecule has 6 nitrogen and oxygen atoms in total. The van der Waals surface area contributed by atoms with Crippen LogP contribution < -0.4 is 10.6 Å². The number of unbranched alkanes of at least 4 members (excludes halogenated alkanes) is 1. The largest absolute Gasteiger partial charge is 0.375 e. The molecule has 0 aromatic carbocycles. The van der Waals surface area contributed by atoms with Crippen LogP contribution in [-0.4, -0.2) is 62.4 Å². The Balaban J connectivity index is 1.80. The van der Waals surface area contributed by atoms with Crippen LogP contribution in [0, 0.1) is 23.2 Å². The number of carbonyl (C=O) groups is 2. The van der Waals surface area contributed by atoms with Gasteiger partial charge in [-0.2, -0.15) is 0 Å². The molecular weight excluding hydrogens is 460 g/mol. The zero-order chi connectivity index (χ0) is 27.3. The fourth-order valence-electron chi connectivity index (χ4n) is 6.19. The summed E-state index contributed by atoms with van der Waals surface area (Å²) in [6, 6.07) is 0. The number of nitrogens with zero attached hydrogens (tertiary/aromatic N) is 2. The van der Waals surface area contributed by atoms with Crippen molar-refractivity contribution in [3.63, 3.8) is 0 Å². The zero-order valence-electron chi connectivity index (χ0n) is 24.5. The summed E-state index contributed by atoms with van der Waals surface area (Å²) in [5.41, 5.74) is 5.61. The standard InChI is InChI=1S/C31H50N4O2/c1-9-10-15-35(8)28-17-25(24-13-11-23(12-14-24)20-34(6)7)16-26(22(28)3)29(36)32-19-27-30(37)33-21(2)18-31(27,4)5/h13,17-18,23,26-27H,9-12,14-16,19-20H2,1-8H3,(H,32,36)(H,33,37)/t23?,26?,27-/m1/s1. The Labute approximate surface area is 225 Å². The van der Waals surface area contributed by atoms with Crippen LogP contribution in [-0.2, 0) is 9.59 Å². The zero-order valence-corrected chi connectivity index (χ0v) is 24.5. The molecular formula is C31H50N4O2. The molecule has 2 N–H and O–H groups in total. The number of likely N-dealkylation sites (N-methyl/N-ethyl adjacent to an activating group) is 1. The van der Waals surface area contributed by atoms with E-state index in [2.05, 4.69) is 87.5 Å². The van der Waals surface area contributed by atoms with Crippen LogP contribution in [0.4, 0.5) is 0 Å². The van der Waals surface area contributed by atoms with Crippen molar-refractivity contribution in [2.24, 2.45) is 23.2 Å². The third-order valence-electron chi connectivity index (χ3n) is 8.40. The van der Waals surface area contributed by atoms with Crippen molar-refractivity contribution in [3.8, 4) is 0 Å². The Kier molecular flexibility index (Phi) is 9.85. The Bertz CT molecular complexity index is 985. The van der Waals surface area contributed by atoms with E-state index in [0.717, 1.165) is 56.5 Å². The summed E-state index contributed by atoms with van der Waals surface area (Å²) in [7, 11) is 6.44. The van der Waals surface area contributed by atoms with Gasteiger partial charge in [-0.1, -0.05) is 39.3 Å². The van der Waals surface area contributed by atoms with Gasteiger partial charge in [-0.3, -0.25) is 9.59 Å². The average molecular weight is 511 g/mol. The minimum absolute atomic E-state index is 0.0126. The molecule has 1 aliphatic heterocycles. The van der Waals surface area contributed by atoms with E-state index in [0.29, 0.717) is 12.5 Å². The highest BCUT2D eigenvalue weighted by Crippen LogP contribution is 2.39. The molecule has 3 rings (SSSR count). The number of amides is 2. The first-order valence-electron chi connectivity index (χ1n) is 14.2. The van der Waals surface area contributed by atoms with E-state index in [-0.39, 0.29) is 29.1 Å². The van der Waals surface area contributed by atoms with Crippen LogP contribution in [0.15, 0.2) is 46.3 Å². The van der Waals surface area contributed by atoms with Gasteiger partial charge in [0.25, 0.3) is 0 Å². The van der Waals surface area contributed by atoms with Crippen molar-refractivity contribution in [1.29, 1.82) is 0 Å². The quantitative estimate of drug-likeness (QED) is 0.433. The van der Waals surface area contributed by atoms with E-state index in [9.17, 15) is 9.59 Å². The minimum atomic E-state index is -0.302. The molecule has 3 atom stereocenters. The van der Waals surface area contributed by atoms with Gasteiger partial charge in [0.1, 0.15) is 0 Å². The van der Waals surface area contributed by atoms with Crippen molar-refractivity contribution in [3.05, 3.63) is 46.3 Å². The molecule has 6 heteroatoms. The van der Waals surface area contributed by atoms with Gasteiger partial charge in [0.15, 0.2) is 0 Å². The number of nitrogens with one attached hydrogen (secondary N) is 2. The fourth-order valence-corrected chi connectivity index (χ4v) is 6.19. The molecule has 0 radical (unpaired) electrons. The Morgan fingerprint density at radius 3 is 2.51 bits per heavy atom. The van der Waals surface area contributed by atoms with Crippen LogP contribution in [0.2, 0.25) is 0 Å². The number of hydrogen-bond acceptors (Lipinski definition) is 4. The molecule has 0 aromatic rings. The Hall–Kier alpha value is -2.34. The summed E-state index contributed by atoms with van der Waals surface area (Å²) in [4.78, 5) is 31.0. The van der Waals surface area contributed by atoms with Gasteiger partial charge < -0.3 is 20.4 Å². The van der Waals surface area contributed by atoms with E-state index in [1.807, 2.05) is 6.92 Å². The number of rotatable bonds is 10. The third-order valence-corrected chi connectivity index (χ3v) is 8.40. The normalized spacial score (nSPS) is 25.8. The van der Waals surface area contributed by atoms with Gasteiger partial charge in [0.2, 0.25) is 11.8 Å². The SMILES string of the molecule is CCCCN(C)C1=C(C)C(C(=O)NC[C@@H]2C(=O)NC(C)=CC2(C)C)CC(C2=CCC(CN(C)C)CC2)=C1. The second-order valence-corrected chi connectivity index (χ2v) is 12.3. The Morgan fingerprint density at radius 2 is 1.92 bits per heavy atom. The highest BCUT2D eigenvalue weighted by molar-refractivity contribution is 5.86. The molecule has 0 saturated heterocycles. The predicted octanol–water partition coefficient (Wildman–Crippen LogP) is 5.02. The van der Waals surface area contributed by atoms with Crippen LogP contribution in [0.3, 0.4) is 0 Å². The molecule has 0 saturated carbocycles. The molecule has 37 heavy (non-hydrogen) atoms. The van der Waals surface area contributed by atoms with E-state index in [1.54, 1.807) is 0 Å². The van der Waals surface area contributed by atoms with Crippen molar-refractivity contribution in [1.82, 2.24) is 20.4 Å². The minimum Gasteiger partial charge on any atom is -0.375 e. The molecule has 1 heterocycles. The van der Waals surface area contributed by atoms with E-state index >= 15 is 0 Å². The first-order chi connectivity index (χ1) is 17.4. The van der Waals surface area contributed by atoms with Gasteiger partial charge in [-0.15, -0.1) is 0 Å². The van der Waals surface area contributed by atoms with Gasteiger partial charge in [0.05, 0.1) is 11.8 Å². The van der Waals surface area contributed by atoms with Crippen molar-refractivity contribution in [2.45, 2.75) is 73.1 Å². The average Bonchev–Trinajstić information content (AvgIpc) is 2.81. The molecule has 0 bridgehead atoms. The van der Waals surface area contributed by atoms with Gasteiger partial charge in [0, 0.05) is 38.1 Å². The van der Waals surface area contributed by atoms with Gasteiger partial charge in [-0.05, 0) is 94.2 Å². The molecule has 206 valence electrons. The topological polar surface area (TPSA) is 64.7 Å². The molecule has 2 amide bonds. The number of allylic oxidation sites excluding steroid dienone is 6. The molecule has 0 spiro atoms. The van der Waals surface area contributed by atoms with E-state index in [1.165, 1.54) is 23.3 Å². The third kappa shape index (κ3) is 7.37. The maximum atomic E-state index is 13.7. The van der Waals surface area contributed by atoms with E-state index in [4.69, 9.17) is 0 Å². The smallest absolute Gasteiger partial charge is 0.229 e. The first-order valence-corrected chi connectivity index (χ1v) is 14.2. The molecule has 2 aliphatic carbocycles. The van der Waals surface area contributed by atoms with Crippen molar-refractivity contribution >= 4 is 11.8 Å². The Morgan fingerprint density at radius 1 is 1.19 bits per heavy atom. The van der Waals surface area contributed by atoms with E-state index < -0.39 is 0 Å². The summed E-state index contributed by atoms with van der Waals surface area (Å²) in [6.07, 6.45) is 13.2. The van der Waals surface area contributed by atoms with Gasteiger partial charge >= 0.3 is 0 Å². The monoisotopic (exact) mass is 510 g/mol. The lowest BCUT2D eigenvalue weighted by Crippen LogP contribution is -2.49. The summed E-state index contributed by atoms with van der Waals surface area (Å²) in [5, 5.41) is 6.11. The van der Waals surface area contributed by atoms with Crippen LogP contribution in [0.5, 0.6) is 0 Å². The predicted molar refractivity (Wildman–Crippen MR) is 153 cm³/mol. The van der Waals surface area contributed by atoms with Gasteiger partial charge in [-0.25, -0.2) is 0 Å². The number of hydrogen-bond donors (Lipinski definition) is 2. The molecule has 0 fully saturated rings. The summed E-state index contributed by atoms with van der Waals surface area (Å²) in [6.45, 7) is 12.8. The number of carbonyl (C=O) groups excluding carboxylic acids is 2. The molecule has 2 unspecified atom stereocenters. The second-order valence-electron chi connectivity index (χ2n) is 12.3.